The normalized spacial score (nSPS) is 9.85. The summed E-state index contributed by atoms with van der Waals surface area (Å²) >= 11 is 5.82. The fraction of sp³-hybridized carbons (Fsp3) is 0.0833. The molecule has 0 aliphatic heterocycles. The summed E-state index contributed by atoms with van der Waals surface area (Å²) in [5.41, 5.74) is 0.313. The number of ether oxygens (including phenoxy) is 1. The summed E-state index contributed by atoms with van der Waals surface area (Å²) in [4.78, 5) is 18.0. The van der Waals surface area contributed by atoms with Crippen molar-refractivity contribution in [2.45, 2.75) is 6.92 Å². The van der Waals surface area contributed by atoms with Gasteiger partial charge in [-0.05, 0) is 19.1 Å². The van der Waals surface area contributed by atoms with Gasteiger partial charge < -0.3 is 4.74 Å². The van der Waals surface area contributed by atoms with Crippen LogP contribution >= 0.6 is 11.6 Å². The monoisotopic (exact) mass is 290 g/mol. The van der Waals surface area contributed by atoms with Gasteiger partial charge in [0.15, 0.2) is 0 Å². The van der Waals surface area contributed by atoms with E-state index in [0.717, 1.165) is 6.07 Å². The van der Waals surface area contributed by atoms with Gasteiger partial charge in [0.2, 0.25) is 11.6 Å². The smallest absolute Gasteiger partial charge is 0.312 e. The van der Waals surface area contributed by atoms with Crippen molar-refractivity contribution >= 4 is 17.3 Å². The molecule has 0 fully saturated rings. The Balaban J connectivity index is 2.46. The van der Waals surface area contributed by atoms with E-state index in [-0.39, 0.29) is 28.0 Å². The SMILES string of the molecule is Cc1c(Cl)ncnc1Oc1ccc(C#N)cc1[N+](=O)[O-]. The number of aromatic nitrogens is 2. The molecule has 0 N–H and O–H groups in total. The average Bonchev–Trinajstić information content (AvgIpc) is 2.44. The molecule has 0 saturated heterocycles. The van der Waals surface area contributed by atoms with Gasteiger partial charge in [0.05, 0.1) is 16.6 Å². The van der Waals surface area contributed by atoms with E-state index in [1.54, 1.807) is 6.92 Å². The van der Waals surface area contributed by atoms with Gasteiger partial charge in [-0.3, -0.25) is 10.1 Å². The summed E-state index contributed by atoms with van der Waals surface area (Å²) in [6.45, 7) is 1.63. The minimum Gasteiger partial charge on any atom is -0.431 e. The number of rotatable bonds is 3. The van der Waals surface area contributed by atoms with Crippen LogP contribution in [-0.4, -0.2) is 14.9 Å². The van der Waals surface area contributed by atoms with E-state index in [1.165, 1.54) is 18.5 Å². The fourth-order valence-corrected chi connectivity index (χ4v) is 1.56. The summed E-state index contributed by atoms with van der Waals surface area (Å²) in [6, 6.07) is 5.72. The molecule has 2 rings (SSSR count). The Labute approximate surface area is 118 Å². The fourth-order valence-electron chi connectivity index (χ4n) is 1.44. The van der Waals surface area contributed by atoms with Crippen molar-refractivity contribution in [1.82, 2.24) is 9.97 Å². The maximum Gasteiger partial charge on any atom is 0.312 e. The number of hydrogen-bond donors (Lipinski definition) is 0. The van der Waals surface area contributed by atoms with Gasteiger partial charge in [0.1, 0.15) is 11.5 Å². The Morgan fingerprint density at radius 1 is 1.45 bits per heavy atom. The largest absolute Gasteiger partial charge is 0.431 e. The third-order valence-corrected chi connectivity index (χ3v) is 2.85. The second-order valence-corrected chi connectivity index (χ2v) is 4.11. The number of nitriles is 1. The second kappa shape index (κ2) is 5.50. The molecular formula is C12H7ClN4O3. The van der Waals surface area contributed by atoms with E-state index in [2.05, 4.69) is 9.97 Å². The predicted octanol–water partition coefficient (Wildman–Crippen LogP) is 3.01. The molecule has 0 atom stereocenters. The first-order chi connectivity index (χ1) is 9.52. The van der Waals surface area contributed by atoms with Crippen LogP contribution in [0.5, 0.6) is 11.6 Å². The Hall–Kier alpha value is -2.72. The molecule has 0 bridgehead atoms. The van der Waals surface area contributed by atoms with E-state index in [1.807, 2.05) is 6.07 Å². The predicted molar refractivity (Wildman–Crippen MR) is 69.7 cm³/mol. The van der Waals surface area contributed by atoms with Crippen LogP contribution in [0.4, 0.5) is 5.69 Å². The summed E-state index contributed by atoms with van der Waals surface area (Å²) in [5.74, 6) is 0.102. The lowest BCUT2D eigenvalue weighted by atomic mass is 10.2. The van der Waals surface area contributed by atoms with E-state index < -0.39 is 4.92 Å². The molecular weight excluding hydrogens is 284 g/mol. The van der Waals surface area contributed by atoms with Crippen molar-refractivity contribution in [3.63, 3.8) is 0 Å². The van der Waals surface area contributed by atoms with Crippen molar-refractivity contribution in [3.05, 3.63) is 50.9 Å². The molecule has 0 saturated carbocycles. The molecule has 2 aromatic rings. The van der Waals surface area contributed by atoms with E-state index in [9.17, 15) is 10.1 Å². The Kier molecular flexibility index (Phi) is 3.77. The van der Waals surface area contributed by atoms with Gasteiger partial charge in [0, 0.05) is 11.6 Å². The first-order valence-electron chi connectivity index (χ1n) is 5.36. The highest BCUT2D eigenvalue weighted by Crippen LogP contribution is 2.33. The molecule has 20 heavy (non-hydrogen) atoms. The number of nitro benzene ring substituents is 1. The highest BCUT2D eigenvalue weighted by Gasteiger charge is 2.18. The zero-order chi connectivity index (χ0) is 14.7. The first kappa shape index (κ1) is 13.7. The van der Waals surface area contributed by atoms with Crippen molar-refractivity contribution in [2.24, 2.45) is 0 Å². The maximum absolute atomic E-state index is 11.0. The summed E-state index contributed by atoms with van der Waals surface area (Å²) in [7, 11) is 0. The third-order valence-electron chi connectivity index (χ3n) is 2.47. The van der Waals surface area contributed by atoms with Gasteiger partial charge >= 0.3 is 5.69 Å². The zero-order valence-electron chi connectivity index (χ0n) is 10.2. The number of benzene rings is 1. The van der Waals surface area contributed by atoms with Crippen molar-refractivity contribution in [2.75, 3.05) is 0 Å². The van der Waals surface area contributed by atoms with Gasteiger partial charge in [-0.25, -0.2) is 9.97 Å². The van der Waals surface area contributed by atoms with E-state index in [4.69, 9.17) is 21.6 Å². The van der Waals surface area contributed by atoms with E-state index >= 15 is 0 Å². The van der Waals surface area contributed by atoms with Crippen molar-refractivity contribution < 1.29 is 9.66 Å². The molecule has 7 nitrogen and oxygen atoms in total. The third kappa shape index (κ3) is 2.65. The summed E-state index contributed by atoms with van der Waals surface area (Å²) < 4.78 is 5.40. The van der Waals surface area contributed by atoms with Crippen LogP contribution in [0.25, 0.3) is 0 Å². The molecule has 1 aromatic carbocycles. The molecule has 0 aliphatic carbocycles. The average molecular weight is 291 g/mol. The molecule has 0 aliphatic rings. The molecule has 0 spiro atoms. The van der Waals surface area contributed by atoms with Gasteiger partial charge in [-0.15, -0.1) is 0 Å². The number of nitro groups is 1. The molecule has 8 heteroatoms. The first-order valence-corrected chi connectivity index (χ1v) is 5.74. The van der Waals surface area contributed by atoms with Crippen LogP contribution in [-0.2, 0) is 0 Å². The summed E-state index contributed by atoms with van der Waals surface area (Å²) in [6.07, 6.45) is 1.19. The van der Waals surface area contributed by atoms with Crippen LogP contribution < -0.4 is 4.74 Å². The zero-order valence-corrected chi connectivity index (χ0v) is 11.0. The van der Waals surface area contributed by atoms with Crippen molar-refractivity contribution in [3.8, 4) is 17.7 Å². The number of nitrogens with zero attached hydrogens (tertiary/aromatic N) is 4. The molecule has 0 unspecified atom stereocenters. The maximum atomic E-state index is 11.0. The second-order valence-electron chi connectivity index (χ2n) is 3.75. The Bertz CT molecular complexity index is 727. The van der Waals surface area contributed by atoms with Crippen molar-refractivity contribution in [1.29, 1.82) is 5.26 Å². The van der Waals surface area contributed by atoms with Crippen LogP contribution in [0.3, 0.4) is 0 Å². The lowest BCUT2D eigenvalue weighted by Gasteiger charge is -2.08. The minimum absolute atomic E-state index is 0.0214. The van der Waals surface area contributed by atoms with Crippen LogP contribution in [0.15, 0.2) is 24.5 Å². The Morgan fingerprint density at radius 3 is 2.85 bits per heavy atom. The van der Waals surface area contributed by atoms with Crippen LogP contribution in [0.1, 0.15) is 11.1 Å². The molecule has 1 heterocycles. The minimum atomic E-state index is -0.631. The number of halogens is 1. The molecule has 0 amide bonds. The topological polar surface area (TPSA) is 102 Å². The molecule has 1 aromatic heterocycles. The van der Waals surface area contributed by atoms with Gasteiger partial charge in [-0.2, -0.15) is 5.26 Å². The standard InChI is InChI=1S/C12H7ClN4O3/c1-7-11(13)15-6-16-12(7)20-10-3-2-8(5-14)4-9(10)17(18)19/h2-4,6H,1H3. The van der Waals surface area contributed by atoms with Crippen LogP contribution in [0.2, 0.25) is 5.15 Å². The van der Waals surface area contributed by atoms with Crippen LogP contribution in [0, 0.1) is 28.4 Å². The molecule has 100 valence electrons. The Morgan fingerprint density at radius 2 is 2.20 bits per heavy atom. The lowest BCUT2D eigenvalue weighted by Crippen LogP contribution is -1.98. The summed E-state index contributed by atoms with van der Waals surface area (Å²) in [5, 5.41) is 19.9. The van der Waals surface area contributed by atoms with E-state index in [0.29, 0.717) is 5.56 Å². The molecule has 0 radical (unpaired) electrons. The lowest BCUT2D eigenvalue weighted by molar-refractivity contribution is -0.385. The highest BCUT2D eigenvalue weighted by molar-refractivity contribution is 6.30. The highest BCUT2D eigenvalue weighted by atomic mass is 35.5. The quantitative estimate of drug-likeness (QED) is 0.489. The number of hydrogen-bond acceptors (Lipinski definition) is 6. The van der Waals surface area contributed by atoms with Gasteiger partial charge in [-0.1, -0.05) is 11.6 Å². The van der Waals surface area contributed by atoms with Gasteiger partial charge in [0.25, 0.3) is 0 Å².